The first-order valence-electron chi connectivity index (χ1n) is 12.9. The van der Waals surface area contributed by atoms with Crippen LogP contribution in [0.5, 0.6) is 0 Å². The number of nitrogens with zero attached hydrogens (tertiary/aromatic N) is 4. The lowest BCUT2D eigenvalue weighted by molar-refractivity contribution is 0.168. The van der Waals surface area contributed by atoms with Crippen LogP contribution in [0.3, 0.4) is 0 Å². The average molecular weight is 532 g/mol. The molecule has 1 saturated heterocycles. The van der Waals surface area contributed by atoms with Gasteiger partial charge in [-0.2, -0.15) is 5.10 Å². The quantitative estimate of drug-likeness (QED) is 0.318. The molecule has 0 unspecified atom stereocenters. The Bertz CT molecular complexity index is 1410. The molecule has 198 valence electrons. The van der Waals surface area contributed by atoms with Crippen molar-refractivity contribution in [3.63, 3.8) is 0 Å². The second kappa shape index (κ2) is 13.0. The maximum absolute atomic E-state index is 11.7. The molecule has 1 aliphatic rings. The zero-order valence-corrected chi connectivity index (χ0v) is 22.8. The van der Waals surface area contributed by atoms with E-state index in [2.05, 4.69) is 39.6 Å². The summed E-state index contributed by atoms with van der Waals surface area (Å²) in [6.07, 6.45) is 2.15. The molecule has 0 bridgehead atoms. The topological polar surface area (TPSA) is 89.3 Å². The molecule has 2 aromatic heterocycles. The second-order valence-corrected chi connectivity index (χ2v) is 9.72. The molecule has 0 saturated carbocycles. The minimum Gasteiger partial charge on any atom is -0.450 e. The molecule has 2 aromatic carbocycles. The first-order valence-corrected chi connectivity index (χ1v) is 13.7. The van der Waals surface area contributed by atoms with E-state index in [0.29, 0.717) is 13.2 Å². The highest BCUT2D eigenvalue weighted by Gasteiger charge is 2.13. The summed E-state index contributed by atoms with van der Waals surface area (Å²) in [5.41, 5.74) is 5.87. The van der Waals surface area contributed by atoms with Gasteiger partial charge in [0.25, 0.3) is 5.56 Å². The Morgan fingerprint density at radius 3 is 2.47 bits per heavy atom. The fourth-order valence-corrected chi connectivity index (χ4v) is 4.93. The van der Waals surface area contributed by atoms with E-state index < -0.39 is 6.09 Å². The lowest BCUT2D eigenvalue weighted by Gasteiger charge is -2.17. The van der Waals surface area contributed by atoms with Crippen molar-refractivity contribution in [1.29, 1.82) is 0 Å². The van der Waals surface area contributed by atoms with Gasteiger partial charge < -0.3 is 9.64 Å². The van der Waals surface area contributed by atoms with Gasteiger partial charge in [0.05, 0.1) is 12.3 Å². The summed E-state index contributed by atoms with van der Waals surface area (Å²) in [5.74, 6) is 0. The molecular formula is C29H33N5O3S. The second-order valence-electron chi connectivity index (χ2n) is 8.87. The lowest BCUT2D eigenvalue weighted by atomic mass is 10.1. The number of ether oxygens (including phenoxy) is 1. The Labute approximate surface area is 226 Å². The minimum atomic E-state index is -0.409. The van der Waals surface area contributed by atoms with E-state index >= 15 is 0 Å². The number of carbonyl (C=O) groups excluding carboxylic acids is 1. The monoisotopic (exact) mass is 531 g/mol. The van der Waals surface area contributed by atoms with Gasteiger partial charge in [0.1, 0.15) is 10.7 Å². The van der Waals surface area contributed by atoms with Crippen molar-refractivity contribution in [2.45, 2.75) is 40.2 Å². The Balaban J connectivity index is 0.000000219. The maximum Gasteiger partial charge on any atom is 0.411 e. The van der Waals surface area contributed by atoms with Crippen molar-refractivity contribution < 1.29 is 9.53 Å². The molecule has 9 heteroatoms. The van der Waals surface area contributed by atoms with Crippen LogP contribution in [0.1, 0.15) is 32.3 Å². The number of thiazole rings is 1. The van der Waals surface area contributed by atoms with E-state index in [1.807, 2.05) is 43.5 Å². The summed E-state index contributed by atoms with van der Waals surface area (Å²) < 4.78 is 6.20. The number of aryl methyl sites for hydroxylation is 2. The molecule has 0 radical (unpaired) electrons. The van der Waals surface area contributed by atoms with Crippen LogP contribution in [0.4, 0.5) is 16.2 Å². The standard InChI is InChI=1S/C19H20N4OS.C10H13NO2/c1-2-23-18(24)10-9-16(21-23)19-20-17(13-25-19)14-5-7-15(8-6-14)22-11-3-4-12-22;1-3-13-10(12)11-9-6-4-5-8(2)7-9/h5-10,13H,2-4,11-12H2,1H3;4-7H,3H2,1-2H3,(H,11,12). The number of amides is 1. The summed E-state index contributed by atoms with van der Waals surface area (Å²) in [7, 11) is 0. The third kappa shape index (κ3) is 7.07. The number of anilines is 2. The fraction of sp³-hybridized carbons (Fsp3) is 0.310. The predicted molar refractivity (Wildman–Crippen MR) is 154 cm³/mol. The Kier molecular flexibility index (Phi) is 9.26. The van der Waals surface area contributed by atoms with Gasteiger partial charge in [-0.15, -0.1) is 11.3 Å². The van der Waals surface area contributed by atoms with E-state index in [4.69, 9.17) is 9.72 Å². The molecule has 38 heavy (non-hydrogen) atoms. The van der Waals surface area contributed by atoms with Crippen LogP contribution in [0.2, 0.25) is 0 Å². The maximum atomic E-state index is 11.7. The molecule has 1 fully saturated rings. The molecule has 0 atom stereocenters. The highest BCUT2D eigenvalue weighted by atomic mass is 32.1. The van der Waals surface area contributed by atoms with Gasteiger partial charge >= 0.3 is 6.09 Å². The van der Waals surface area contributed by atoms with Crippen molar-refractivity contribution in [2.24, 2.45) is 0 Å². The van der Waals surface area contributed by atoms with Gasteiger partial charge in [-0.1, -0.05) is 24.3 Å². The Morgan fingerprint density at radius 2 is 1.79 bits per heavy atom. The van der Waals surface area contributed by atoms with Crippen molar-refractivity contribution in [2.75, 3.05) is 29.9 Å². The highest BCUT2D eigenvalue weighted by molar-refractivity contribution is 7.13. The number of hydrogen-bond donors (Lipinski definition) is 1. The largest absolute Gasteiger partial charge is 0.450 e. The van der Waals surface area contributed by atoms with Crippen LogP contribution in [0, 0.1) is 6.92 Å². The van der Waals surface area contributed by atoms with Gasteiger partial charge in [0.2, 0.25) is 0 Å². The molecule has 0 aliphatic carbocycles. The zero-order chi connectivity index (χ0) is 26.9. The number of hydrogen-bond acceptors (Lipinski definition) is 7. The Hall–Kier alpha value is -3.98. The van der Waals surface area contributed by atoms with Crippen LogP contribution in [-0.2, 0) is 11.3 Å². The smallest absolute Gasteiger partial charge is 0.411 e. The third-order valence-corrected chi connectivity index (χ3v) is 6.93. The van der Waals surface area contributed by atoms with E-state index in [-0.39, 0.29) is 5.56 Å². The summed E-state index contributed by atoms with van der Waals surface area (Å²) in [5, 5.41) is 9.88. The van der Waals surface area contributed by atoms with E-state index in [9.17, 15) is 9.59 Å². The summed E-state index contributed by atoms with van der Waals surface area (Å²) in [4.78, 5) is 29.8. The summed E-state index contributed by atoms with van der Waals surface area (Å²) in [6.45, 7) is 8.90. The molecule has 3 heterocycles. The lowest BCUT2D eigenvalue weighted by Crippen LogP contribution is -2.20. The van der Waals surface area contributed by atoms with Crippen molar-refractivity contribution >= 4 is 28.8 Å². The first kappa shape index (κ1) is 27.1. The van der Waals surface area contributed by atoms with E-state index in [1.165, 1.54) is 23.2 Å². The van der Waals surface area contributed by atoms with Crippen LogP contribution in [0.25, 0.3) is 22.0 Å². The molecule has 1 amide bonds. The van der Waals surface area contributed by atoms with E-state index in [0.717, 1.165) is 46.3 Å². The molecule has 1 aliphatic heterocycles. The number of rotatable bonds is 6. The van der Waals surface area contributed by atoms with Crippen molar-refractivity contribution in [1.82, 2.24) is 14.8 Å². The number of nitrogens with one attached hydrogen (secondary N) is 1. The van der Waals surface area contributed by atoms with Crippen molar-refractivity contribution in [3.8, 4) is 22.0 Å². The SMILES string of the molecule is CCOC(=O)Nc1cccc(C)c1.CCn1nc(-c2nc(-c3ccc(N4CCCC4)cc3)cs2)ccc1=O. The van der Waals surface area contributed by atoms with Gasteiger partial charge in [0, 0.05) is 48.0 Å². The zero-order valence-electron chi connectivity index (χ0n) is 22.0. The Morgan fingerprint density at radius 1 is 1.03 bits per heavy atom. The van der Waals surface area contributed by atoms with Crippen molar-refractivity contribution in [3.05, 3.63) is 82.0 Å². The summed E-state index contributed by atoms with van der Waals surface area (Å²) >= 11 is 1.55. The fourth-order valence-electron chi connectivity index (χ4n) is 4.14. The van der Waals surface area contributed by atoms with Crippen LogP contribution >= 0.6 is 11.3 Å². The molecule has 4 aromatic rings. The first-order chi connectivity index (χ1) is 18.5. The highest BCUT2D eigenvalue weighted by Crippen LogP contribution is 2.29. The normalized spacial score (nSPS) is 12.6. The average Bonchev–Trinajstić information content (AvgIpc) is 3.63. The third-order valence-electron chi connectivity index (χ3n) is 6.06. The molecule has 1 N–H and O–H groups in total. The van der Waals surface area contributed by atoms with Gasteiger partial charge in [-0.3, -0.25) is 10.1 Å². The van der Waals surface area contributed by atoms with Crippen LogP contribution in [-0.4, -0.2) is 40.6 Å². The van der Waals surface area contributed by atoms with Crippen LogP contribution in [0.15, 0.2) is 70.8 Å². The number of carbonyl (C=O) groups is 1. The number of aromatic nitrogens is 3. The van der Waals surface area contributed by atoms with Crippen LogP contribution < -0.4 is 15.8 Å². The van der Waals surface area contributed by atoms with Gasteiger partial charge in [-0.05, 0) is 69.5 Å². The molecular weight excluding hydrogens is 498 g/mol. The van der Waals surface area contributed by atoms with Gasteiger partial charge in [-0.25, -0.2) is 14.5 Å². The predicted octanol–water partition coefficient (Wildman–Crippen LogP) is 6.22. The van der Waals surface area contributed by atoms with E-state index in [1.54, 1.807) is 30.4 Å². The van der Waals surface area contributed by atoms with Gasteiger partial charge in [0.15, 0.2) is 0 Å². The number of benzene rings is 2. The molecule has 8 nitrogen and oxygen atoms in total. The minimum absolute atomic E-state index is 0.0828. The molecule has 5 rings (SSSR count). The summed E-state index contributed by atoms with van der Waals surface area (Å²) in [6, 6.07) is 19.5. The molecule has 0 spiro atoms.